The van der Waals surface area contributed by atoms with Gasteiger partial charge in [0.15, 0.2) is 0 Å². The van der Waals surface area contributed by atoms with Crippen molar-refractivity contribution in [2.45, 2.75) is 24.8 Å². The van der Waals surface area contributed by atoms with Crippen molar-refractivity contribution in [3.05, 3.63) is 59.2 Å². The summed E-state index contributed by atoms with van der Waals surface area (Å²) < 4.78 is 22.8. The van der Waals surface area contributed by atoms with Gasteiger partial charge in [0.05, 0.1) is 4.90 Å². The van der Waals surface area contributed by atoms with E-state index in [2.05, 4.69) is 36.1 Å². The lowest BCUT2D eigenvalue weighted by atomic mass is 10.1. The van der Waals surface area contributed by atoms with Gasteiger partial charge < -0.3 is 4.90 Å². The van der Waals surface area contributed by atoms with E-state index >= 15 is 0 Å². The zero-order valence-electron chi connectivity index (χ0n) is 11.9. The molecule has 3 rings (SSSR count). The van der Waals surface area contributed by atoms with Gasteiger partial charge in [-0.1, -0.05) is 29.8 Å². The average Bonchev–Trinajstić information content (AvgIpc) is 2.80. The molecule has 1 heterocycles. The first-order valence-corrected chi connectivity index (χ1v) is 8.44. The van der Waals surface area contributed by atoms with Gasteiger partial charge in [0.25, 0.3) is 0 Å². The maximum Gasteiger partial charge on any atom is 0.238 e. The van der Waals surface area contributed by atoms with Crippen LogP contribution in [0, 0.1) is 6.92 Å². The number of nitrogens with two attached hydrogens (primary N) is 1. The van der Waals surface area contributed by atoms with Gasteiger partial charge in [0.1, 0.15) is 0 Å². The molecule has 0 fully saturated rings. The van der Waals surface area contributed by atoms with E-state index in [-0.39, 0.29) is 4.90 Å². The highest BCUT2D eigenvalue weighted by Gasteiger charge is 2.21. The molecule has 0 amide bonds. The lowest BCUT2D eigenvalue weighted by Gasteiger charge is -2.20. The highest BCUT2D eigenvalue weighted by atomic mass is 32.2. The first kappa shape index (κ1) is 14.1. The summed E-state index contributed by atoms with van der Waals surface area (Å²) in [4.78, 5) is 2.47. The quantitative estimate of drug-likeness (QED) is 0.945. The zero-order chi connectivity index (χ0) is 15.0. The average molecular weight is 302 g/mol. The van der Waals surface area contributed by atoms with Crippen molar-refractivity contribution in [3.63, 3.8) is 0 Å². The number of hydrogen-bond acceptors (Lipinski definition) is 3. The van der Waals surface area contributed by atoms with Crippen molar-refractivity contribution in [1.29, 1.82) is 0 Å². The molecule has 0 atom stereocenters. The Labute approximate surface area is 125 Å². The fourth-order valence-corrected chi connectivity index (χ4v) is 3.38. The highest BCUT2D eigenvalue weighted by molar-refractivity contribution is 7.89. The maximum absolute atomic E-state index is 11.4. The number of hydrogen-bond donors (Lipinski definition) is 1. The Kier molecular flexibility index (Phi) is 3.47. The molecule has 0 radical (unpaired) electrons. The molecular weight excluding hydrogens is 284 g/mol. The summed E-state index contributed by atoms with van der Waals surface area (Å²) in [6.45, 7) is 3.82. The van der Waals surface area contributed by atoms with Crippen LogP contribution in [-0.4, -0.2) is 15.0 Å². The van der Waals surface area contributed by atoms with Crippen molar-refractivity contribution >= 4 is 15.7 Å². The predicted octanol–water partition coefficient (Wildman–Crippen LogP) is 2.21. The molecular formula is C16H18N2O2S. The standard InChI is InChI=1S/C16H18N2O2S/c1-12-3-2-4-13(9-12)11-18-8-7-14-10-15(21(17,19)20)5-6-16(14)18/h2-6,9-10H,7-8,11H2,1H3,(H2,17,19,20). The minimum Gasteiger partial charge on any atom is -0.367 e. The molecule has 1 aliphatic heterocycles. The Morgan fingerprint density at radius 1 is 1.19 bits per heavy atom. The zero-order valence-corrected chi connectivity index (χ0v) is 12.7. The third kappa shape index (κ3) is 2.94. The highest BCUT2D eigenvalue weighted by Crippen LogP contribution is 2.31. The summed E-state index contributed by atoms with van der Waals surface area (Å²) in [7, 11) is -3.62. The first-order chi connectivity index (χ1) is 9.93. The number of anilines is 1. The normalized spacial score (nSPS) is 14.3. The van der Waals surface area contributed by atoms with Gasteiger partial charge >= 0.3 is 0 Å². The Hall–Kier alpha value is -1.85. The number of nitrogens with zero attached hydrogens (tertiary/aromatic N) is 1. The third-order valence-electron chi connectivity index (χ3n) is 3.83. The van der Waals surface area contributed by atoms with Crippen LogP contribution in [-0.2, 0) is 23.0 Å². The van der Waals surface area contributed by atoms with Crippen LogP contribution in [0.25, 0.3) is 0 Å². The van der Waals surface area contributed by atoms with E-state index in [9.17, 15) is 8.42 Å². The predicted molar refractivity (Wildman–Crippen MR) is 83.7 cm³/mol. The molecule has 4 nitrogen and oxygen atoms in total. The van der Waals surface area contributed by atoms with Crippen LogP contribution in [0.1, 0.15) is 16.7 Å². The molecule has 2 aromatic rings. The van der Waals surface area contributed by atoms with Gasteiger partial charge in [-0.25, -0.2) is 13.6 Å². The van der Waals surface area contributed by atoms with E-state index in [0.717, 1.165) is 30.8 Å². The molecule has 21 heavy (non-hydrogen) atoms. The molecule has 0 saturated carbocycles. The smallest absolute Gasteiger partial charge is 0.238 e. The molecule has 0 unspecified atom stereocenters. The van der Waals surface area contributed by atoms with Gasteiger partial charge in [-0.15, -0.1) is 0 Å². The van der Waals surface area contributed by atoms with E-state index < -0.39 is 10.0 Å². The van der Waals surface area contributed by atoms with Crippen molar-refractivity contribution in [2.24, 2.45) is 5.14 Å². The Bertz CT molecular complexity index is 785. The van der Waals surface area contributed by atoms with Gasteiger partial charge in [0, 0.05) is 18.8 Å². The SMILES string of the molecule is Cc1cccc(CN2CCc3cc(S(N)(=O)=O)ccc32)c1. The van der Waals surface area contributed by atoms with Crippen molar-refractivity contribution in [2.75, 3.05) is 11.4 Å². The lowest BCUT2D eigenvalue weighted by Crippen LogP contribution is -2.19. The second-order valence-electron chi connectivity index (χ2n) is 5.50. The monoisotopic (exact) mass is 302 g/mol. The van der Waals surface area contributed by atoms with Crippen LogP contribution in [0.5, 0.6) is 0 Å². The van der Waals surface area contributed by atoms with Crippen molar-refractivity contribution in [3.8, 4) is 0 Å². The summed E-state index contributed by atoms with van der Waals surface area (Å²) in [5.74, 6) is 0. The summed E-state index contributed by atoms with van der Waals surface area (Å²) in [6.07, 6.45) is 0.852. The summed E-state index contributed by atoms with van der Waals surface area (Å²) in [5.41, 5.74) is 4.66. The largest absolute Gasteiger partial charge is 0.367 e. The number of benzene rings is 2. The van der Waals surface area contributed by atoms with E-state index in [1.54, 1.807) is 12.1 Å². The van der Waals surface area contributed by atoms with Crippen molar-refractivity contribution in [1.82, 2.24) is 0 Å². The van der Waals surface area contributed by atoms with Crippen LogP contribution in [0.2, 0.25) is 0 Å². The number of fused-ring (bicyclic) bond motifs is 1. The van der Waals surface area contributed by atoms with E-state index in [1.807, 2.05) is 6.07 Å². The molecule has 2 N–H and O–H groups in total. The third-order valence-corrected chi connectivity index (χ3v) is 4.74. The van der Waals surface area contributed by atoms with Crippen LogP contribution in [0.3, 0.4) is 0 Å². The molecule has 0 saturated heterocycles. The summed E-state index contributed by atoms with van der Waals surface area (Å²) in [6, 6.07) is 13.6. The second kappa shape index (κ2) is 5.16. The Morgan fingerprint density at radius 2 is 2.00 bits per heavy atom. The number of primary sulfonamides is 1. The number of aryl methyl sites for hydroxylation is 1. The van der Waals surface area contributed by atoms with Crippen LogP contribution in [0.15, 0.2) is 47.4 Å². The number of sulfonamides is 1. The fraction of sp³-hybridized carbons (Fsp3) is 0.250. The topological polar surface area (TPSA) is 63.4 Å². The lowest BCUT2D eigenvalue weighted by molar-refractivity contribution is 0.597. The second-order valence-corrected chi connectivity index (χ2v) is 7.06. The van der Waals surface area contributed by atoms with Gasteiger partial charge in [-0.3, -0.25) is 0 Å². The Balaban J connectivity index is 1.87. The molecule has 0 aromatic heterocycles. The minimum atomic E-state index is -3.62. The molecule has 0 aliphatic carbocycles. The van der Waals surface area contributed by atoms with E-state index in [4.69, 9.17) is 5.14 Å². The molecule has 0 bridgehead atoms. The van der Waals surface area contributed by atoms with Gasteiger partial charge in [-0.05, 0) is 42.7 Å². The molecule has 1 aliphatic rings. The van der Waals surface area contributed by atoms with Gasteiger partial charge in [0.2, 0.25) is 10.0 Å². The van der Waals surface area contributed by atoms with Crippen LogP contribution < -0.4 is 10.0 Å². The van der Waals surface area contributed by atoms with E-state index in [1.165, 1.54) is 11.1 Å². The maximum atomic E-state index is 11.4. The van der Waals surface area contributed by atoms with Crippen LogP contribution in [0.4, 0.5) is 5.69 Å². The summed E-state index contributed by atoms with van der Waals surface area (Å²) >= 11 is 0. The van der Waals surface area contributed by atoms with Crippen LogP contribution >= 0.6 is 0 Å². The van der Waals surface area contributed by atoms with E-state index in [0.29, 0.717) is 0 Å². The fourth-order valence-electron chi connectivity index (χ4n) is 2.82. The van der Waals surface area contributed by atoms with Gasteiger partial charge in [-0.2, -0.15) is 0 Å². The number of rotatable bonds is 3. The summed E-state index contributed by atoms with van der Waals surface area (Å²) in [5, 5.41) is 5.18. The first-order valence-electron chi connectivity index (χ1n) is 6.90. The molecule has 2 aromatic carbocycles. The molecule has 0 spiro atoms. The molecule has 5 heteroatoms. The molecule has 110 valence electrons. The van der Waals surface area contributed by atoms with Crippen molar-refractivity contribution < 1.29 is 8.42 Å². The Morgan fingerprint density at radius 3 is 2.71 bits per heavy atom. The minimum absolute atomic E-state index is 0.193.